The van der Waals surface area contributed by atoms with Crippen molar-refractivity contribution in [1.82, 2.24) is 0 Å². The van der Waals surface area contributed by atoms with Gasteiger partial charge in [0.15, 0.2) is 12.2 Å². The van der Waals surface area contributed by atoms with Gasteiger partial charge in [0.1, 0.15) is 16.9 Å². The van der Waals surface area contributed by atoms with Gasteiger partial charge < -0.3 is 18.6 Å². The van der Waals surface area contributed by atoms with Crippen LogP contribution in [0.3, 0.4) is 0 Å². The predicted molar refractivity (Wildman–Crippen MR) is 107 cm³/mol. The van der Waals surface area contributed by atoms with Crippen LogP contribution in [0.25, 0.3) is 11.0 Å². The maximum atomic E-state index is 12.9. The van der Waals surface area contributed by atoms with Gasteiger partial charge in [-0.2, -0.15) is 0 Å². The van der Waals surface area contributed by atoms with Crippen LogP contribution in [0.5, 0.6) is 5.75 Å². The lowest BCUT2D eigenvalue weighted by molar-refractivity contribution is -0.175. The number of rotatable bonds is 3. The quantitative estimate of drug-likeness (QED) is 0.481. The first-order valence-electron chi connectivity index (χ1n) is 9.45. The fraction of sp³-hybridized carbons (Fsp3) is 0.261. The van der Waals surface area contributed by atoms with Crippen LogP contribution in [0.2, 0.25) is 0 Å². The third-order valence-corrected chi connectivity index (χ3v) is 4.94. The summed E-state index contributed by atoms with van der Waals surface area (Å²) in [6.45, 7) is 4.74. The molecule has 2 unspecified atom stereocenters. The zero-order chi connectivity index (χ0) is 21.5. The van der Waals surface area contributed by atoms with E-state index < -0.39 is 35.4 Å². The third-order valence-electron chi connectivity index (χ3n) is 4.94. The van der Waals surface area contributed by atoms with Crippen LogP contribution in [-0.4, -0.2) is 23.6 Å². The Hall–Kier alpha value is -3.61. The second-order valence-electron chi connectivity index (χ2n) is 7.58. The van der Waals surface area contributed by atoms with Crippen molar-refractivity contribution in [3.63, 3.8) is 0 Å². The summed E-state index contributed by atoms with van der Waals surface area (Å²) in [5.74, 6) is -0.768. The van der Waals surface area contributed by atoms with E-state index >= 15 is 0 Å². The van der Waals surface area contributed by atoms with Crippen molar-refractivity contribution >= 4 is 22.9 Å². The molecule has 0 saturated heterocycles. The molecule has 0 radical (unpaired) electrons. The van der Waals surface area contributed by atoms with Crippen molar-refractivity contribution in [3.05, 3.63) is 76.1 Å². The highest BCUT2D eigenvalue weighted by molar-refractivity contribution is 5.90. The molecule has 0 amide bonds. The number of benzene rings is 2. The fourth-order valence-electron chi connectivity index (χ4n) is 3.61. The normalized spacial score (nSPS) is 19.4. The Balaban J connectivity index is 1.90. The molecule has 30 heavy (non-hydrogen) atoms. The first-order valence-corrected chi connectivity index (χ1v) is 9.45. The van der Waals surface area contributed by atoms with Crippen LogP contribution >= 0.6 is 0 Å². The summed E-state index contributed by atoms with van der Waals surface area (Å²) in [7, 11) is 0. The van der Waals surface area contributed by atoms with Gasteiger partial charge in [-0.3, -0.25) is 4.79 Å². The number of carbonyl (C=O) groups excluding carboxylic acids is 2. The molecule has 1 aliphatic heterocycles. The number of hydrogen-bond donors (Lipinski definition) is 0. The van der Waals surface area contributed by atoms with Crippen molar-refractivity contribution in [2.45, 2.75) is 38.6 Å². The lowest BCUT2D eigenvalue weighted by Gasteiger charge is -2.43. The van der Waals surface area contributed by atoms with Crippen molar-refractivity contribution < 1.29 is 28.2 Å². The predicted octanol–water partition coefficient (Wildman–Crippen LogP) is 3.79. The van der Waals surface area contributed by atoms with Crippen molar-refractivity contribution in [3.8, 4) is 5.75 Å². The van der Waals surface area contributed by atoms with Gasteiger partial charge in [0.25, 0.3) is 0 Å². The van der Waals surface area contributed by atoms with E-state index in [9.17, 15) is 14.4 Å². The molecular formula is C23H20O7. The summed E-state index contributed by atoms with van der Waals surface area (Å²) in [5, 5.41) is 0.624. The summed E-state index contributed by atoms with van der Waals surface area (Å²) in [6, 6.07) is 14.8. The monoisotopic (exact) mass is 408 g/mol. The molecule has 7 nitrogen and oxygen atoms in total. The second kappa shape index (κ2) is 7.33. The minimum atomic E-state index is -1.05. The largest absolute Gasteiger partial charge is 0.483 e. The van der Waals surface area contributed by atoms with E-state index in [-0.39, 0.29) is 5.58 Å². The molecule has 2 atom stereocenters. The molecule has 4 rings (SSSR count). The molecule has 0 spiro atoms. The smallest absolute Gasteiger partial charge is 0.338 e. The zero-order valence-electron chi connectivity index (χ0n) is 16.7. The van der Waals surface area contributed by atoms with Gasteiger partial charge >= 0.3 is 17.6 Å². The summed E-state index contributed by atoms with van der Waals surface area (Å²) in [5.41, 5.74) is -0.661. The molecule has 1 aromatic heterocycles. The Morgan fingerprint density at radius 3 is 2.37 bits per heavy atom. The van der Waals surface area contributed by atoms with Crippen LogP contribution in [0.4, 0.5) is 0 Å². The maximum Gasteiger partial charge on any atom is 0.338 e. The van der Waals surface area contributed by atoms with Crippen LogP contribution in [0.1, 0.15) is 42.8 Å². The molecule has 154 valence electrons. The Morgan fingerprint density at radius 2 is 1.67 bits per heavy atom. The maximum absolute atomic E-state index is 12.9. The third kappa shape index (κ3) is 3.54. The van der Waals surface area contributed by atoms with Crippen molar-refractivity contribution in [2.24, 2.45) is 0 Å². The molecule has 0 aliphatic carbocycles. The minimum Gasteiger partial charge on any atom is -0.483 e. The molecule has 7 heteroatoms. The highest BCUT2D eigenvalue weighted by Crippen LogP contribution is 2.46. The van der Waals surface area contributed by atoms with Crippen molar-refractivity contribution in [2.75, 3.05) is 0 Å². The van der Waals surface area contributed by atoms with E-state index in [2.05, 4.69) is 0 Å². The Kier molecular flexibility index (Phi) is 4.81. The average Bonchev–Trinajstić information content (AvgIpc) is 2.70. The number of fused-ring (bicyclic) bond motifs is 3. The van der Waals surface area contributed by atoms with Crippen LogP contribution < -0.4 is 10.4 Å². The van der Waals surface area contributed by atoms with Crippen LogP contribution in [0, 0.1) is 0 Å². The van der Waals surface area contributed by atoms with Gasteiger partial charge in [-0.05, 0) is 44.2 Å². The summed E-state index contributed by atoms with van der Waals surface area (Å²) < 4.78 is 22.9. The molecular weight excluding hydrogens is 388 g/mol. The van der Waals surface area contributed by atoms with Gasteiger partial charge in [0, 0.05) is 18.4 Å². The first kappa shape index (κ1) is 19.7. The van der Waals surface area contributed by atoms with Gasteiger partial charge in [0.05, 0.1) is 11.1 Å². The molecule has 0 N–H and O–H groups in total. The number of carbonyl (C=O) groups is 2. The van der Waals surface area contributed by atoms with E-state index in [1.807, 2.05) is 0 Å². The van der Waals surface area contributed by atoms with E-state index in [0.29, 0.717) is 22.3 Å². The summed E-state index contributed by atoms with van der Waals surface area (Å²) >= 11 is 0. The van der Waals surface area contributed by atoms with Crippen LogP contribution in [0.15, 0.2) is 63.8 Å². The SMILES string of the molecule is CC(=O)OC1C(OC(=O)c2ccccc2)c2c(ccc3ccc(=O)oc23)OC1(C)C. The van der Waals surface area contributed by atoms with Crippen molar-refractivity contribution in [1.29, 1.82) is 0 Å². The topological polar surface area (TPSA) is 92.0 Å². The summed E-state index contributed by atoms with van der Waals surface area (Å²) in [6.07, 6.45) is -2.01. The Morgan fingerprint density at radius 1 is 0.967 bits per heavy atom. The van der Waals surface area contributed by atoms with Crippen LogP contribution in [-0.2, 0) is 14.3 Å². The highest BCUT2D eigenvalue weighted by Gasteiger charge is 2.49. The Labute approximate surface area is 172 Å². The lowest BCUT2D eigenvalue weighted by Crippen LogP contribution is -2.52. The first-order chi connectivity index (χ1) is 14.3. The van der Waals surface area contributed by atoms with Gasteiger partial charge in [-0.25, -0.2) is 9.59 Å². The van der Waals surface area contributed by atoms with Gasteiger partial charge in [0.2, 0.25) is 0 Å². The fourth-order valence-corrected chi connectivity index (χ4v) is 3.61. The molecule has 3 aromatic rings. The molecule has 0 fully saturated rings. The molecule has 0 saturated carbocycles. The van der Waals surface area contributed by atoms with E-state index in [1.54, 1.807) is 62.4 Å². The zero-order valence-corrected chi connectivity index (χ0v) is 16.7. The Bertz CT molecular complexity index is 1180. The van der Waals surface area contributed by atoms with E-state index in [4.69, 9.17) is 18.6 Å². The number of ether oxygens (including phenoxy) is 3. The minimum absolute atomic E-state index is 0.221. The molecule has 0 bridgehead atoms. The highest BCUT2D eigenvalue weighted by atomic mass is 16.6. The van der Waals surface area contributed by atoms with Gasteiger partial charge in [-0.1, -0.05) is 18.2 Å². The van der Waals surface area contributed by atoms with E-state index in [1.165, 1.54) is 13.0 Å². The standard InChI is InChI=1S/C23H20O7/c1-13(24)27-21-20(29-22(26)15-7-5-4-6-8-15)18-16(30-23(21,2)3)11-9-14-10-12-17(25)28-19(14)18/h4-12,20-21H,1-3H3. The average molecular weight is 408 g/mol. The van der Waals surface area contributed by atoms with Gasteiger partial charge in [-0.15, -0.1) is 0 Å². The number of hydrogen-bond acceptors (Lipinski definition) is 7. The summed E-state index contributed by atoms with van der Waals surface area (Å²) in [4.78, 5) is 36.6. The van der Waals surface area contributed by atoms with E-state index in [0.717, 1.165) is 0 Å². The molecule has 1 aliphatic rings. The number of esters is 2. The second-order valence-corrected chi connectivity index (χ2v) is 7.58. The molecule has 2 heterocycles. The lowest BCUT2D eigenvalue weighted by atomic mass is 9.87. The molecule has 2 aromatic carbocycles.